The number of aliphatic imine (C=N–C) groups is 1. The number of carbonyl (C=O) groups excluding carboxylic acids is 1. The number of phenolic OH excluding ortho intramolecular Hbond substituents is 1. The van der Waals surface area contributed by atoms with Crippen LogP contribution < -0.4 is 9.47 Å². The molecule has 0 spiro atoms. The van der Waals surface area contributed by atoms with Gasteiger partial charge in [0.2, 0.25) is 5.75 Å². The SMILES string of the molecule is COc1c(O)ccc(/C=C2N=C(/C=C/c3ccncc3)N(C)C\2=O)c1OC. The van der Waals surface area contributed by atoms with E-state index in [1.807, 2.05) is 18.2 Å². The topological polar surface area (TPSA) is 84.3 Å². The van der Waals surface area contributed by atoms with Gasteiger partial charge in [0.15, 0.2) is 11.5 Å². The smallest absolute Gasteiger partial charge is 0.277 e. The third kappa shape index (κ3) is 3.67. The van der Waals surface area contributed by atoms with Gasteiger partial charge in [-0.1, -0.05) is 6.08 Å². The standard InChI is InChI=1S/C20H19N3O4/c1-23-17(7-4-13-8-10-21-11-9-13)22-15(20(23)25)12-14-5-6-16(24)19(27-3)18(14)26-2/h4-12,24H,1-3H3/b7-4+,15-12-. The van der Waals surface area contributed by atoms with Crippen molar-refractivity contribution in [2.75, 3.05) is 21.3 Å². The molecule has 0 aliphatic carbocycles. The first-order valence-corrected chi connectivity index (χ1v) is 8.15. The molecule has 7 heteroatoms. The summed E-state index contributed by atoms with van der Waals surface area (Å²) in [6, 6.07) is 6.83. The van der Waals surface area contributed by atoms with E-state index in [4.69, 9.17) is 9.47 Å². The Kier molecular flexibility index (Phi) is 5.21. The summed E-state index contributed by atoms with van der Waals surface area (Å²) in [6.45, 7) is 0. The molecule has 138 valence electrons. The molecule has 0 atom stereocenters. The molecular formula is C20H19N3O4. The number of nitrogens with zero attached hydrogens (tertiary/aromatic N) is 3. The van der Waals surface area contributed by atoms with Crippen LogP contribution in [-0.4, -0.2) is 48.0 Å². The van der Waals surface area contributed by atoms with Crippen molar-refractivity contribution >= 4 is 23.9 Å². The van der Waals surface area contributed by atoms with Gasteiger partial charge in [-0.05, 0) is 42.0 Å². The molecule has 0 fully saturated rings. The molecule has 1 aliphatic heterocycles. The lowest BCUT2D eigenvalue weighted by Crippen LogP contribution is -2.26. The van der Waals surface area contributed by atoms with Gasteiger partial charge in [0.05, 0.1) is 14.2 Å². The van der Waals surface area contributed by atoms with E-state index in [2.05, 4.69) is 9.98 Å². The zero-order chi connectivity index (χ0) is 19.4. The Morgan fingerprint density at radius 2 is 1.74 bits per heavy atom. The van der Waals surface area contributed by atoms with E-state index >= 15 is 0 Å². The maximum Gasteiger partial charge on any atom is 0.277 e. The van der Waals surface area contributed by atoms with Gasteiger partial charge in [0.1, 0.15) is 11.5 Å². The largest absolute Gasteiger partial charge is 0.504 e. The van der Waals surface area contributed by atoms with Crippen LogP contribution in [0.2, 0.25) is 0 Å². The summed E-state index contributed by atoms with van der Waals surface area (Å²) >= 11 is 0. The van der Waals surface area contributed by atoms with Crippen molar-refractivity contribution in [2.24, 2.45) is 4.99 Å². The number of amidine groups is 1. The van der Waals surface area contributed by atoms with Crippen LogP contribution in [0, 0.1) is 0 Å². The number of pyridine rings is 1. The molecule has 0 unspecified atom stereocenters. The number of amides is 1. The minimum absolute atomic E-state index is 0.0455. The molecule has 1 aliphatic rings. The van der Waals surface area contributed by atoms with Crippen molar-refractivity contribution in [3.8, 4) is 17.2 Å². The van der Waals surface area contributed by atoms with Gasteiger partial charge in [0, 0.05) is 25.0 Å². The normalized spacial score (nSPS) is 15.5. The second kappa shape index (κ2) is 7.74. The van der Waals surface area contributed by atoms with E-state index in [-0.39, 0.29) is 23.1 Å². The maximum atomic E-state index is 12.5. The number of benzene rings is 1. The third-order valence-corrected chi connectivity index (χ3v) is 4.06. The molecule has 0 saturated carbocycles. The molecular weight excluding hydrogens is 346 g/mol. The Hall–Kier alpha value is -3.61. The summed E-state index contributed by atoms with van der Waals surface area (Å²) in [7, 11) is 4.56. The lowest BCUT2D eigenvalue weighted by Gasteiger charge is -2.12. The number of aromatic nitrogens is 1. The zero-order valence-corrected chi connectivity index (χ0v) is 15.2. The van der Waals surface area contributed by atoms with Crippen molar-refractivity contribution in [3.63, 3.8) is 0 Å². The molecule has 0 radical (unpaired) electrons. The summed E-state index contributed by atoms with van der Waals surface area (Å²) in [6.07, 6.45) is 8.62. The summed E-state index contributed by atoms with van der Waals surface area (Å²) in [4.78, 5) is 22.4. The van der Waals surface area contributed by atoms with Crippen LogP contribution in [0.4, 0.5) is 0 Å². The van der Waals surface area contributed by atoms with Gasteiger partial charge in [0.25, 0.3) is 5.91 Å². The highest BCUT2D eigenvalue weighted by molar-refractivity contribution is 6.18. The second-order valence-corrected chi connectivity index (χ2v) is 5.72. The number of methoxy groups -OCH3 is 2. The van der Waals surface area contributed by atoms with Gasteiger partial charge >= 0.3 is 0 Å². The van der Waals surface area contributed by atoms with Crippen LogP contribution in [0.1, 0.15) is 11.1 Å². The van der Waals surface area contributed by atoms with E-state index in [0.29, 0.717) is 17.1 Å². The average Bonchev–Trinajstić information content (AvgIpc) is 2.96. The Balaban J connectivity index is 1.96. The van der Waals surface area contributed by atoms with Gasteiger partial charge in [-0.15, -0.1) is 0 Å². The van der Waals surface area contributed by atoms with Gasteiger partial charge in [-0.3, -0.25) is 14.7 Å². The van der Waals surface area contributed by atoms with Crippen LogP contribution in [0.25, 0.3) is 12.2 Å². The van der Waals surface area contributed by atoms with Crippen LogP contribution in [0.15, 0.2) is 53.4 Å². The Morgan fingerprint density at radius 3 is 2.41 bits per heavy atom. The summed E-state index contributed by atoms with van der Waals surface area (Å²) in [5, 5.41) is 9.88. The van der Waals surface area contributed by atoms with Crippen LogP contribution in [-0.2, 0) is 4.79 Å². The van der Waals surface area contributed by atoms with E-state index < -0.39 is 0 Å². The molecule has 1 aromatic carbocycles. The summed E-state index contributed by atoms with van der Waals surface area (Å²) in [5.41, 5.74) is 1.79. The van der Waals surface area contributed by atoms with Crippen molar-refractivity contribution in [1.29, 1.82) is 0 Å². The highest BCUT2D eigenvalue weighted by atomic mass is 16.5. The minimum atomic E-state index is -0.238. The first-order valence-electron chi connectivity index (χ1n) is 8.15. The lowest BCUT2D eigenvalue weighted by atomic mass is 10.1. The number of carbonyl (C=O) groups is 1. The molecule has 7 nitrogen and oxygen atoms in total. The molecule has 2 aromatic rings. The average molecular weight is 365 g/mol. The quantitative estimate of drug-likeness (QED) is 0.824. The monoisotopic (exact) mass is 365 g/mol. The summed E-state index contributed by atoms with van der Waals surface area (Å²) < 4.78 is 10.5. The lowest BCUT2D eigenvalue weighted by molar-refractivity contribution is -0.121. The molecule has 0 saturated heterocycles. The highest BCUT2D eigenvalue weighted by Gasteiger charge is 2.26. The van der Waals surface area contributed by atoms with Crippen molar-refractivity contribution in [2.45, 2.75) is 0 Å². The number of aromatic hydroxyl groups is 1. The van der Waals surface area contributed by atoms with E-state index in [9.17, 15) is 9.90 Å². The van der Waals surface area contributed by atoms with Crippen molar-refractivity contribution < 1.29 is 19.4 Å². The van der Waals surface area contributed by atoms with E-state index in [1.54, 1.807) is 37.7 Å². The van der Waals surface area contributed by atoms with Crippen LogP contribution in [0.3, 0.4) is 0 Å². The fraction of sp³-hybridized carbons (Fsp3) is 0.150. The molecule has 1 N–H and O–H groups in total. The van der Waals surface area contributed by atoms with E-state index in [0.717, 1.165) is 5.56 Å². The molecule has 1 amide bonds. The number of likely N-dealkylation sites (N-methyl/N-ethyl adjacent to an activating group) is 1. The van der Waals surface area contributed by atoms with Gasteiger partial charge in [-0.2, -0.15) is 0 Å². The van der Waals surface area contributed by atoms with Gasteiger partial charge < -0.3 is 14.6 Å². The number of ether oxygens (including phenoxy) is 2. The summed E-state index contributed by atoms with van der Waals surface area (Å²) in [5.74, 6) is 0.769. The fourth-order valence-corrected chi connectivity index (χ4v) is 2.65. The maximum absolute atomic E-state index is 12.5. The van der Waals surface area contributed by atoms with E-state index in [1.165, 1.54) is 25.2 Å². The van der Waals surface area contributed by atoms with Gasteiger partial charge in [-0.25, -0.2) is 4.99 Å². The molecule has 27 heavy (non-hydrogen) atoms. The minimum Gasteiger partial charge on any atom is -0.504 e. The zero-order valence-electron chi connectivity index (χ0n) is 15.2. The molecule has 0 bridgehead atoms. The predicted octanol–water partition coefficient (Wildman–Crippen LogP) is 2.73. The molecule has 2 heterocycles. The Labute approximate surface area is 156 Å². The molecule has 1 aromatic heterocycles. The number of phenols is 1. The Morgan fingerprint density at radius 1 is 1.04 bits per heavy atom. The Bertz CT molecular complexity index is 949. The number of rotatable bonds is 5. The van der Waals surface area contributed by atoms with Crippen molar-refractivity contribution in [1.82, 2.24) is 9.88 Å². The first kappa shape index (κ1) is 18.2. The fourth-order valence-electron chi connectivity index (χ4n) is 2.65. The van der Waals surface area contributed by atoms with Crippen molar-refractivity contribution in [3.05, 3.63) is 59.6 Å². The van der Waals surface area contributed by atoms with Crippen LogP contribution >= 0.6 is 0 Å². The predicted molar refractivity (Wildman–Crippen MR) is 103 cm³/mol. The first-order chi connectivity index (χ1) is 13.0. The molecule has 3 rings (SSSR count). The third-order valence-electron chi connectivity index (χ3n) is 4.06. The number of hydrogen-bond acceptors (Lipinski definition) is 6. The highest BCUT2D eigenvalue weighted by Crippen LogP contribution is 2.40. The second-order valence-electron chi connectivity index (χ2n) is 5.72. The van der Waals surface area contributed by atoms with Crippen LogP contribution in [0.5, 0.6) is 17.2 Å². The number of hydrogen-bond donors (Lipinski definition) is 1.